The van der Waals surface area contributed by atoms with Crippen LogP contribution in [0.3, 0.4) is 0 Å². The van der Waals surface area contributed by atoms with Crippen molar-refractivity contribution in [1.82, 2.24) is 4.98 Å². The minimum atomic E-state index is -1.54. The SMILES string of the molecule is Cc1coc([Si](C)(C)C(C)(C)C)n1. The molecule has 74 valence electrons. The molecule has 0 N–H and O–H groups in total. The van der Waals surface area contributed by atoms with E-state index in [4.69, 9.17) is 4.42 Å². The van der Waals surface area contributed by atoms with Crippen molar-refractivity contribution in [1.29, 1.82) is 0 Å². The lowest BCUT2D eigenvalue weighted by atomic mass is 10.2. The van der Waals surface area contributed by atoms with E-state index in [-0.39, 0.29) is 0 Å². The molecule has 3 heteroatoms. The maximum absolute atomic E-state index is 5.51. The molecular weight excluding hydrogens is 178 g/mol. The normalized spacial score (nSPS) is 13.4. The van der Waals surface area contributed by atoms with Crippen LogP contribution < -0.4 is 5.51 Å². The van der Waals surface area contributed by atoms with Crippen molar-refractivity contribution in [2.75, 3.05) is 0 Å². The Balaban J connectivity index is 3.07. The standard InChI is InChI=1S/C10H19NOSi/c1-8-7-12-9(11-8)13(5,6)10(2,3)4/h7H,1-6H3. The van der Waals surface area contributed by atoms with Crippen molar-refractivity contribution in [3.8, 4) is 0 Å². The summed E-state index contributed by atoms with van der Waals surface area (Å²) >= 11 is 0. The Kier molecular flexibility index (Phi) is 2.41. The number of hydrogen-bond acceptors (Lipinski definition) is 2. The molecule has 1 heterocycles. The molecule has 1 aromatic heterocycles. The molecule has 1 aromatic rings. The second-order valence-corrected chi connectivity index (χ2v) is 10.3. The Labute approximate surface area is 81.4 Å². The van der Waals surface area contributed by atoms with Gasteiger partial charge in [-0.3, -0.25) is 0 Å². The summed E-state index contributed by atoms with van der Waals surface area (Å²) in [4.78, 5) is 4.44. The summed E-state index contributed by atoms with van der Waals surface area (Å²) in [6.07, 6.45) is 1.75. The molecule has 0 fully saturated rings. The topological polar surface area (TPSA) is 26.0 Å². The smallest absolute Gasteiger partial charge is 0.166 e. The molecular formula is C10H19NOSi. The van der Waals surface area contributed by atoms with Gasteiger partial charge in [0.25, 0.3) is 0 Å². The van der Waals surface area contributed by atoms with Gasteiger partial charge in [-0.15, -0.1) is 0 Å². The second-order valence-electron chi connectivity index (χ2n) is 5.17. The minimum Gasteiger partial charge on any atom is -0.454 e. The van der Waals surface area contributed by atoms with Crippen molar-refractivity contribution in [2.45, 2.75) is 45.8 Å². The zero-order valence-electron chi connectivity index (χ0n) is 9.43. The van der Waals surface area contributed by atoms with E-state index in [2.05, 4.69) is 38.8 Å². The number of aryl methyl sites for hydroxylation is 1. The minimum absolute atomic E-state index is 0.296. The zero-order chi connectivity index (χ0) is 10.3. The largest absolute Gasteiger partial charge is 0.454 e. The van der Waals surface area contributed by atoms with Gasteiger partial charge in [0.1, 0.15) is 6.26 Å². The molecule has 2 nitrogen and oxygen atoms in total. The van der Waals surface area contributed by atoms with Gasteiger partial charge in [0.05, 0.1) is 5.69 Å². The van der Waals surface area contributed by atoms with Gasteiger partial charge in [-0.1, -0.05) is 33.9 Å². The van der Waals surface area contributed by atoms with Crippen LogP contribution in [0.2, 0.25) is 18.1 Å². The molecule has 1 rings (SSSR count). The predicted octanol–water partition coefficient (Wildman–Crippen LogP) is 2.70. The number of aromatic nitrogens is 1. The van der Waals surface area contributed by atoms with Gasteiger partial charge in [-0.25, -0.2) is 4.98 Å². The maximum Gasteiger partial charge on any atom is 0.166 e. The summed E-state index contributed by atoms with van der Waals surface area (Å²) in [5.74, 6) is 0. The maximum atomic E-state index is 5.51. The fourth-order valence-corrected chi connectivity index (χ4v) is 2.41. The highest BCUT2D eigenvalue weighted by Crippen LogP contribution is 2.35. The van der Waals surface area contributed by atoms with Crippen molar-refractivity contribution in [3.05, 3.63) is 12.0 Å². The first-order valence-electron chi connectivity index (χ1n) is 4.68. The lowest BCUT2D eigenvalue weighted by Gasteiger charge is -2.33. The molecule has 13 heavy (non-hydrogen) atoms. The first-order chi connectivity index (χ1) is 5.75. The van der Waals surface area contributed by atoms with Gasteiger partial charge in [0, 0.05) is 0 Å². The Bertz CT molecular complexity index is 296. The Morgan fingerprint density at radius 1 is 1.31 bits per heavy atom. The molecule has 0 aromatic carbocycles. The molecule has 0 spiro atoms. The molecule has 0 unspecified atom stereocenters. The molecule has 0 saturated carbocycles. The third-order valence-electron chi connectivity index (χ3n) is 3.03. The van der Waals surface area contributed by atoms with Gasteiger partial charge < -0.3 is 4.42 Å². The molecule has 0 amide bonds. The predicted molar refractivity (Wildman–Crippen MR) is 58.1 cm³/mol. The summed E-state index contributed by atoms with van der Waals surface area (Å²) in [5.41, 5.74) is 1.96. The van der Waals surface area contributed by atoms with E-state index in [1.165, 1.54) is 0 Å². The van der Waals surface area contributed by atoms with Gasteiger partial charge in [-0.2, -0.15) is 0 Å². The average Bonchev–Trinajstić information content (AvgIpc) is 2.33. The highest BCUT2D eigenvalue weighted by Gasteiger charge is 2.41. The quantitative estimate of drug-likeness (QED) is 0.647. The van der Waals surface area contributed by atoms with E-state index in [0.29, 0.717) is 5.04 Å². The van der Waals surface area contributed by atoms with Crippen LogP contribution in [-0.2, 0) is 0 Å². The lowest BCUT2D eigenvalue weighted by Crippen LogP contribution is -2.50. The highest BCUT2D eigenvalue weighted by molar-refractivity contribution is 6.90. The van der Waals surface area contributed by atoms with E-state index < -0.39 is 8.07 Å². The fraction of sp³-hybridized carbons (Fsp3) is 0.700. The Hall–Kier alpha value is -0.573. The van der Waals surface area contributed by atoms with Gasteiger partial charge in [0.2, 0.25) is 0 Å². The van der Waals surface area contributed by atoms with Crippen LogP contribution in [0.25, 0.3) is 0 Å². The zero-order valence-corrected chi connectivity index (χ0v) is 10.4. The molecule has 0 aliphatic heterocycles. The van der Waals surface area contributed by atoms with Gasteiger partial charge >= 0.3 is 0 Å². The van der Waals surface area contributed by atoms with E-state index in [1.807, 2.05) is 6.92 Å². The first-order valence-corrected chi connectivity index (χ1v) is 7.68. The van der Waals surface area contributed by atoms with E-state index in [9.17, 15) is 0 Å². The van der Waals surface area contributed by atoms with Crippen molar-refractivity contribution < 1.29 is 4.42 Å². The first kappa shape index (κ1) is 10.5. The summed E-state index contributed by atoms with van der Waals surface area (Å²) in [6, 6.07) is 0. The van der Waals surface area contributed by atoms with Crippen LogP contribution in [0.1, 0.15) is 26.5 Å². The van der Waals surface area contributed by atoms with Crippen molar-refractivity contribution in [2.24, 2.45) is 0 Å². The molecule has 0 aliphatic rings. The van der Waals surface area contributed by atoms with Crippen LogP contribution in [0.5, 0.6) is 0 Å². The summed E-state index contributed by atoms with van der Waals surface area (Å²) in [6.45, 7) is 13.4. The van der Waals surface area contributed by atoms with Gasteiger partial charge in [0.15, 0.2) is 13.6 Å². The molecule has 0 bridgehead atoms. The summed E-state index contributed by atoms with van der Waals surface area (Å²) < 4.78 is 5.51. The Morgan fingerprint density at radius 2 is 1.85 bits per heavy atom. The van der Waals surface area contributed by atoms with E-state index in [1.54, 1.807) is 6.26 Å². The van der Waals surface area contributed by atoms with Crippen LogP contribution in [-0.4, -0.2) is 13.1 Å². The number of oxazole rings is 1. The monoisotopic (exact) mass is 197 g/mol. The summed E-state index contributed by atoms with van der Waals surface area (Å²) in [7, 11) is -1.54. The van der Waals surface area contributed by atoms with Gasteiger partial charge in [-0.05, 0) is 12.0 Å². The molecule has 0 saturated heterocycles. The fourth-order valence-electron chi connectivity index (χ4n) is 0.962. The average molecular weight is 197 g/mol. The van der Waals surface area contributed by atoms with E-state index in [0.717, 1.165) is 11.2 Å². The summed E-state index contributed by atoms with van der Waals surface area (Å²) in [5, 5.41) is 0.296. The highest BCUT2D eigenvalue weighted by atomic mass is 28.3. The third-order valence-corrected chi connectivity index (χ3v) is 8.08. The van der Waals surface area contributed by atoms with Crippen LogP contribution in [0, 0.1) is 6.92 Å². The van der Waals surface area contributed by atoms with Crippen molar-refractivity contribution >= 4 is 13.6 Å². The van der Waals surface area contributed by atoms with Crippen molar-refractivity contribution in [3.63, 3.8) is 0 Å². The Morgan fingerprint density at radius 3 is 2.15 bits per heavy atom. The second kappa shape index (κ2) is 2.98. The number of rotatable bonds is 1. The van der Waals surface area contributed by atoms with Crippen LogP contribution >= 0.6 is 0 Å². The number of nitrogens with zero attached hydrogens (tertiary/aromatic N) is 1. The molecule has 0 atom stereocenters. The van der Waals surface area contributed by atoms with Crippen LogP contribution in [0.15, 0.2) is 10.7 Å². The van der Waals surface area contributed by atoms with Crippen LogP contribution in [0.4, 0.5) is 0 Å². The molecule has 0 aliphatic carbocycles. The lowest BCUT2D eigenvalue weighted by molar-refractivity contribution is 0.580. The number of hydrogen-bond donors (Lipinski definition) is 0. The molecule has 0 radical (unpaired) electrons. The van der Waals surface area contributed by atoms with E-state index >= 15 is 0 Å². The third kappa shape index (κ3) is 1.85.